The third-order valence-electron chi connectivity index (χ3n) is 4.65. The van der Waals surface area contributed by atoms with E-state index < -0.39 is 0 Å². The lowest BCUT2D eigenvalue weighted by atomic mass is 10.1. The summed E-state index contributed by atoms with van der Waals surface area (Å²) in [5, 5.41) is 3.49. The van der Waals surface area contributed by atoms with Crippen LogP contribution >= 0.6 is 44.3 Å². The topological polar surface area (TPSA) is 39.7 Å². The van der Waals surface area contributed by atoms with Gasteiger partial charge in [-0.15, -0.1) is 12.4 Å². The van der Waals surface area contributed by atoms with Crippen molar-refractivity contribution in [3.8, 4) is 17.2 Å². The summed E-state index contributed by atoms with van der Waals surface area (Å²) in [6.07, 6.45) is 0.904. The molecule has 0 unspecified atom stereocenters. The van der Waals surface area contributed by atoms with Gasteiger partial charge in [0.2, 0.25) is 0 Å². The van der Waals surface area contributed by atoms with E-state index in [1.165, 1.54) is 11.1 Å². The van der Waals surface area contributed by atoms with E-state index in [0.29, 0.717) is 6.61 Å². The average Bonchev–Trinajstić information content (AvgIpc) is 2.76. The zero-order valence-corrected chi connectivity index (χ0v) is 21.5. The predicted octanol–water partition coefficient (Wildman–Crippen LogP) is 6.56. The fourth-order valence-corrected chi connectivity index (χ4v) is 4.59. The molecule has 0 aromatic heterocycles. The minimum absolute atomic E-state index is 0. The molecule has 0 bridgehead atoms. The van der Waals surface area contributed by atoms with Gasteiger partial charge in [-0.25, -0.2) is 0 Å². The van der Waals surface area contributed by atoms with Crippen molar-refractivity contribution >= 4 is 44.3 Å². The molecule has 0 amide bonds. The van der Waals surface area contributed by atoms with E-state index >= 15 is 0 Å². The van der Waals surface area contributed by atoms with E-state index in [-0.39, 0.29) is 12.4 Å². The molecule has 0 aliphatic heterocycles. The Morgan fingerprint density at radius 3 is 2.10 bits per heavy atom. The van der Waals surface area contributed by atoms with Crippen molar-refractivity contribution in [2.24, 2.45) is 0 Å². The predicted molar refractivity (Wildman–Crippen MR) is 135 cm³/mol. The zero-order valence-electron chi connectivity index (χ0n) is 17.5. The lowest BCUT2D eigenvalue weighted by Crippen LogP contribution is -2.16. The van der Waals surface area contributed by atoms with Crippen LogP contribution in [0.15, 0.2) is 69.6 Å². The van der Waals surface area contributed by atoms with Crippen LogP contribution < -0.4 is 19.5 Å². The van der Waals surface area contributed by atoms with Crippen LogP contribution in [0, 0.1) is 0 Å². The van der Waals surface area contributed by atoms with Gasteiger partial charge in [0.15, 0.2) is 11.5 Å². The molecule has 1 N–H and O–H groups in total. The number of benzene rings is 3. The van der Waals surface area contributed by atoms with Gasteiger partial charge in [0.05, 0.1) is 23.2 Å². The van der Waals surface area contributed by atoms with Gasteiger partial charge >= 0.3 is 0 Å². The number of rotatable bonds is 10. The van der Waals surface area contributed by atoms with E-state index in [1.54, 1.807) is 14.2 Å². The van der Waals surface area contributed by atoms with Crippen LogP contribution in [0.4, 0.5) is 0 Å². The number of ether oxygens (including phenoxy) is 3. The van der Waals surface area contributed by atoms with E-state index in [2.05, 4.69) is 67.5 Å². The first-order valence-corrected chi connectivity index (χ1v) is 11.3. The third-order valence-corrected chi connectivity index (χ3v) is 5.83. The zero-order chi connectivity index (χ0) is 21.3. The molecule has 166 valence electrons. The second kappa shape index (κ2) is 13.0. The summed E-state index contributed by atoms with van der Waals surface area (Å²) in [6, 6.07) is 20.3. The highest BCUT2D eigenvalue weighted by Gasteiger charge is 2.10. The van der Waals surface area contributed by atoms with Crippen LogP contribution in [-0.2, 0) is 19.6 Å². The van der Waals surface area contributed by atoms with Crippen molar-refractivity contribution in [2.75, 3.05) is 20.8 Å². The molecule has 0 spiro atoms. The van der Waals surface area contributed by atoms with Crippen LogP contribution in [-0.4, -0.2) is 20.8 Å². The van der Waals surface area contributed by atoms with Gasteiger partial charge in [-0.05, 0) is 85.8 Å². The van der Waals surface area contributed by atoms with Gasteiger partial charge in [0.25, 0.3) is 0 Å². The molecular weight excluding hydrogens is 546 g/mol. The quantitative estimate of drug-likeness (QED) is 0.280. The molecule has 0 saturated carbocycles. The van der Waals surface area contributed by atoms with Crippen molar-refractivity contribution in [1.82, 2.24) is 5.32 Å². The Hall–Kier alpha value is -1.73. The Morgan fingerprint density at radius 2 is 1.45 bits per heavy atom. The molecule has 7 heteroatoms. The second-order valence-electron chi connectivity index (χ2n) is 6.78. The summed E-state index contributed by atoms with van der Waals surface area (Å²) in [5.74, 6) is 2.32. The van der Waals surface area contributed by atoms with Crippen LogP contribution in [0.25, 0.3) is 0 Å². The smallest absolute Gasteiger partial charge is 0.160 e. The molecule has 31 heavy (non-hydrogen) atoms. The van der Waals surface area contributed by atoms with Gasteiger partial charge < -0.3 is 19.5 Å². The summed E-state index contributed by atoms with van der Waals surface area (Å²) >= 11 is 7.28. The molecule has 4 nitrogen and oxygen atoms in total. The Kier molecular flexibility index (Phi) is 10.7. The second-order valence-corrected chi connectivity index (χ2v) is 8.49. The molecule has 0 atom stereocenters. The Balaban J connectivity index is 0.00000341. The van der Waals surface area contributed by atoms with Gasteiger partial charge in [-0.3, -0.25) is 0 Å². The molecule has 3 aromatic rings. The van der Waals surface area contributed by atoms with Gasteiger partial charge in [-0.1, -0.05) is 36.4 Å². The SMILES string of the molecule is COc1ccc(CCNCc2cc(Br)c(OCc3ccccc3)c(Br)c2)cc1OC.Cl. The number of nitrogens with one attached hydrogen (secondary N) is 1. The van der Waals surface area contributed by atoms with E-state index in [0.717, 1.165) is 51.3 Å². The van der Waals surface area contributed by atoms with Crippen LogP contribution in [0.1, 0.15) is 16.7 Å². The normalized spacial score (nSPS) is 10.3. The summed E-state index contributed by atoms with van der Waals surface area (Å²) in [5.41, 5.74) is 3.51. The standard InChI is InChI=1S/C24H25Br2NO3.ClH/c1-28-22-9-8-17(14-23(22)29-2)10-11-27-15-19-12-20(25)24(21(26)13-19)30-16-18-6-4-3-5-7-18;/h3-9,12-14,27H,10-11,15-16H2,1-2H3;1H. The van der Waals surface area contributed by atoms with Crippen LogP contribution in [0.5, 0.6) is 17.2 Å². The van der Waals surface area contributed by atoms with Gasteiger partial charge in [0, 0.05) is 6.54 Å². The van der Waals surface area contributed by atoms with Crippen molar-refractivity contribution < 1.29 is 14.2 Å². The maximum atomic E-state index is 6.00. The minimum Gasteiger partial charge on any atom is -0.493 e. The maximum absolute atomic E-state index is 6.00. The number of halogens is 3. The molecule has 0 aliphatic rings. The van der Waals surface area contributed by atoms with Crippen molar-refractivity contribution in [3.05, 3.63) is 86.3 Å². The molecule has 3 aromatic carbocycles. The third kappa shape index (κ3) is 7.42. The van der Waals surface area contributed by atoms with Crippen LogP contribution in [0.2, 0.25) is 0 Å². The van der Waals surface area contributed by atoms with Crippen molar-refractivity contribution in [3.63, 3.8) is 0 Å². The molecule has 0 heterocycles. The summed E-state index contributed by atoms with van der Waals surface area (Å²) in [7, 11) is 3.30. The molecular formula is C24H26Br2ClNO3. The van der Waals surface area contributed by atoms with Crippen molar-refractivity contribution in [1.29, 1.82) is 0 Å². The first kappa shape index (κ1) is 25.5. The monoisotopic (exact) mass is 569 g/mol. The fourth-order valence-electron chi connectivity index (χ4n) is 3.08. The highest BCUT2D eigenvalue weighted by molar-refractivity contribution is 9.11. The Morgan fingerprint density at radius 1 is 0.774 bits per heavy atom. The average molecular weight is 572 g/mol. The Labute approximate surface area is 207 Å². The summed E-state index contributed by atoms with van der Waals surface area (Å²) in [6.45, 7) is 2.15. The summed E-state index contributed by atoms with van der Waals surface area (Å²) in [4.78, 5) is 0. The number of methoxy groups -OCH3 is 2. The Bertz CT molecular complexity index is 947. The maximum Gasteiger partial charge on any atom is 0.160 e. The van der Waals surface area contributed by atoms with Crippen LogP contribution in [0.3, 0.4) is 0 Å². The number of hydrogen-bond acceptors (Lipinski definition) is 4. The minimum atomic E-state index is 0. The van der Waals surface area contributed by atoms with E-state index in [4.69, 9.17) is 14.2 Å². The highest BCUT2D eigenvalue weighted by atomic mass is 79.9. The molecule has 0 saturated heterocycles. The van der Waals surface area contributed by atoms with E-state index in [1.807, 2.05) is 30.3 Å². The molecule has 0 radical (unpaired) electrons. The fraction of sp³-hybridized carbons (Fsp3) is 0.250. The first-order chi connectivity index (χ1) is 14.6. The first-order valence-electron chi connectivity index (χ1n) is 9.67. The lowest BCUT2D eigenvalue weighted by molar-refractivity contribution is 0.302. The molecule has 3 rings (SSSR count). The molecule has 0 aliphatic carbocycles. The van der Waals surface area contributed by atoms with Gasteiger partial charge in [0.1, 0.15) is 12.4 Å². The number of hydrogen-bond donors (Lipinski definition) is 1. The van der Waals surface area contributed by atoms with Crippen molar-refractivity contribution in [2.45, 2.75) is 19.6 Å². The van der Waals surface area contributed by atoms with Gasteiger partial charge in [-0.2, -0.15) is 0 Å². The molecule has 0 fully saturated rings. The summed E-state index contributed by atoms with van der Waals surface area (Å²) < 4.78 is 18.5. The largest absolute Gasteiger partial charge is 0.493 e. The van der Waals surface area contributed by atoms with E-state index in [9.17, 15) is 0 Å². The lowest BCUT2D eigenvalue weighted by Gasteiger charge is -2.13. The highest BCUT2D eigenvalue weighted by Crippen LogP contribution is 2.35.